The van der Waals surface area contributed by atoms with Crippen LogP contribution in [-0.4, -0.2) is 64.7 Å². The average Bonchev–Trinajstić information content (AvgIpc) is 2.92. The molecule has 5 heteroatoms. The van der Waals surface area contributed by atoms with Crippen LogP contribution in [0.15, 0.2) is 79.1 Å². The molecule has 2 aromatic carbocycles. The maximum Gasteiger partial charge on any atom is 0.163 e. The quantitative estimate of drug-likeness (QED) is 0.407. The van der Waals surface area contributed by atoms with Gasteiger partial charge in [0.05, 0.1) is 0 Å². The van der Waals surface area contributed by atoms with Gasteiger partial charge < -0.3 is 0 Å². The second kappa shape index (κ2) is 12.4. The molecule has 1 aromatic heterocycles. The number of piperazine rings is 1. The van der Waals surface area contributed by atoms with Gasteiger partial charge in [-0.2, -0.15) is 0 Å². The van der Waals surface area contributed by atoms with Gasteiger partial charge >= 0.3 is 0 Å². The van der Waals surface area contributed by atoms with Crippen LogP contribution in [-0.2, 0) is 19.6 Å². The lowest BCUT2D eigenvalue weighted by atomic mass is 9.89. The molecule has 5 rings (SSSR count). The standard InChI is InChI=1S/C31H38N4O/c36-31(21-26-12-15-33(16-13-26)25-29-7-4-14-32-22-29)30-10-8-28(9-11-30)24-35-19-17-34(18-20-35)23-27-5-2-1-3-6-27/h1-11,14,22,26H,12-13,15-21,23-25H2. The van der Waals surface area contributed by atoms with Gasteiger partial charge in [0.1, 0.15) is 0 Å². The molecular formula is C31H38N4O. The predicted molar refractivity (Wildman–Crippen MR) is 145 cm³/mol. The zero-order chi connectivity index (χ0) is 24.6. The predicted octanol–water partition coefficient (Wildman–Crippen LogP) is 4.88. The minimum Gasteiger partial charge on any atom is -0.299 e. The summed E-state index contributed by atoms with van der Waals surface area (Å²) in [5.41, 5.74) is 4.82. The molecule has 2 aliphatic rings. The number of Topliss-reactive ketones (excluding diaryl/α,β-unsaturated/α-hetero) is 1. The lowest BCUT2D eigenvalue weighted by Gasteiger charge is -2.34. The van der Waals surface area contributed by atoms with Crippen molar-refractivity contribution < 1.29 is 4.79 Å². The van der Waals surface area contributed by atoms with E-state index in [0.717, 1.165) is 77.3 Å². The summed E-state index contributed by atoms with van der Waals surface area (Å²) in [6, 6.07) is 23.3. The molecule has 0 amide bonds. The Balaban J connectivity index is 1.03. The highest BCUT2D eigenvalue weighted by atomic mass is 16.1. The molecule has 0 radical (unpaired) electrons. The lowest BCUT2D eigenvalue weighted by Crippen LogP contribution is -2.45. The molecule has 3 aromatic rings. The van der Waals surface area contributed by atoms with E-state index in [1.807, 2.05) is 30.6 Å². The van der Waals surface area contributed by atoms with Gasteiger partial charge in [0.2, 0.25) is 0 Å². The molecular weight excluding hydrogens is 444 g/mol. The van der Waals surface area contributed by atoms with Crippen LogP contribution >= 0.6 is 0 Å². The van der Waals surface area contributed by atoms with Gasteiger partial charge in [-0.25, -0.2) is 0 Å². The second-order valence-electron chi connectivity index (χ2n) is 10.4. The van der Waals surface area contributed by atoms with Crippen LogP contribution in [0.2, 0.25) is 0 Å². The SMILES string of the molecule is O=C(CC1CCN(Cc2cccnc2)CC1)c1ccc(CN2CCN(Cc3ccccc3)CC2)cc1. The van der Waals surface area contributed by atoms with Gasteiger partial charge in [-0.05, 0) is 54.6 Å². The van der Waals surface area contributed by atoms with E-state index in [4.69, 9.17) is 0 Å². The van der Waals surface area contributed by atoms with Crippen LogP contribution in [0.3, 0.4) is 0 Å². The minimum absolute atomic E-state index is 0.293. The van der Waals surface area contributed by atoms with Crippen molar-refractivity contribution >= 4 is 5.78 Å². The fourth-order valence-corrected chi connectivity index (χ4v) is 5.48. The van der Waals surface area contributed by atoms with Crippen LogP contribution < -0.4 is 0 Å². The third-order valence-electron chi connectivity index (χ3n) is 7.71. The molecule has 0 saturated carbocycles. The first-order valence-electron chi connectivity index (χ1n) is 13.4. The zero-order valence-corrected chi connectivity index (χ0v) is 21.3. The van der Waals surface area contributed by atoms with E-state index in [1.54, 1.807) is 0 Å². The molecule has 2 aliphatic heterocycles. The number of carbonyl (C=O) groups excluding carboxylic acids is 1. The van der Waals surface area contributed by atoms with Gasteiger partial charge in [-0.3, -0.25) is 24.5 Å². The van der Waals surface area contributed by atoms with Crippen LogP contribution in [0.1, 0.15) is 46.3 Å². The second-order valence-corrected chi connectivity index (χ2v) is 10.4. The Kier molecular flexibility index (Phi) is 8.55. The molecule has 0 bridgehead atoms. The molecule has 2 saturated heterocycles. The number of ketones is 1. The summed E-state index contributed by atoms with van der Waals surface area (Å²) in [5.74, 6) is 0.788. The van der Waals surface area contributed by atoms with Crippen molar-refractivity contribution in [2.45, 2.75) is 38.9 Å². The first-order chi connectivity index (χ1) is 17.7. The highest BCUT2D eigenvalue weighted by Gasteiger charge is 2.22. The van der Waals surface area contributed by atoms with Gasteiger partial charge in [-0.1, -0.05) is 60.7 Å². The van der Waals surface area contributed by atoms with Crippen LogP contribution in [0.5, 0.6) is 0 Å². The van der Waals surface area contributed by atoms with Crippen molar-refractivity contribution in [3.63, 3.8) is 0 Å². The lowest BCUT2D eigenvalue weighted by molar-refractivity contribution is 0.0925. The molecule has 0 N–H and O–H groups in total. The molecule has 3 heterocycles. The first kappa shape index (κ1) is 24.8. The van der Waals surface area contributed by atoms with Crippen molar-refractivity contribution in [3.05, 3.63) is 101 Å². The molecule has 0 atom stereocenters. The van der Waals surface area contributed by atoms with Crippen molar-refractivity contribution in [3.8, 4) is 0 Å². The number of hydrogen-bond acceptors (Lipinski definition) is 5. The summed E-state index contributed by atoms with van der Waals surface area (Å²) >= 11 is 0. The Morgan fingerprint density at radius 1 is 0.667 bits per heavy atom. The number of rotatable bonds is 9. The number of hydrogen-bond donors (Lipinski definition) is 0. The maximum absolute atomic E-state index is 12.9. The largest absolute Gasteiger partial charge is 0.299 e. The van der Waals surface area contributed by atoms with Crippen molar-refractivity contribution in [2.24, 2.45) is 5.92 Å². The molecule has 0 spiro atoms. The Morgan fingerprint density at radius 2 is 1.22 bits per heavy atom. The third-order valence-corrected chi connectivity index (χ3v) is 7.71. The van der Waals surface area contributed by atoms with Crippen LogP contribution in [0.4, 0.5) is 0 Å². The fraction of sp³-hybridized carbons (Fsp3) is 0.419. The smallest absolute Gasteiger partial charge is 0.163 e. The fourth-order valence-electron chi connectivity index (χ4n) is 5.48. The molecule has 0 aliphatic carbocycles. The zero-order valence-electron chi connectivity index (χ0n) is 21.3. The van der Waals surface area contributed by atoms with E-state index < -0.39 is 0 Å². The van der Waals surface area contributed by atoms with Crippen LogP contribution in [0, 0.1) is 5.92 Å². The third kappa shape index (κ3) is 7.10. The number of aromatic nitrogens is 1. The topological polar surface area (TPSA) is 39.7 Å². The van der Waals surface area contributed by atoms with Crippen LogP contribution in [0.25, 0.3) is 0 Å². The molecule has 0 unspecified atom stereocenters. The van der Waals surface area contributed by atoms with Crippen molar-refractivity contribution in [1.29, 1.82) is 0 Å². The number of likely N-dealkylation sites (tertiary alicyclic amines) is 1. The summed E-state index contributed by atoms with van der Waals surface area (Å²) in [5, 5.41) is 0. The Morgan fingerprint density at radius 3 is 1.83 bits per heavy atom. The molecule has 2 fully saturated rings. The molecule has 36 heavy (non-hydrogen) atoms. The highest BCUT2D eigenvalue weighted by Crippen LogP contribution is 2.24. The highest BCUT2D eigenvalue weighted by molar-refractivity contribution is 5.96. The Hall–Kier alpha value is -2.86. The Bertz CT molecular complexity index is 1070. The number of nitrogens with zero attached hydrogens (tertiary/aromatic N) is 4. The summed E-state index contributed by atoms with van der Waals surface area (Å²) < 4.78 is 0. The number of pyridine rings is 1. The van der Waals surface area contributed by atoms with E-state index in [0.29, 0.717) is 18.1 Å². The van der Waals surface area contributed by atoms with E-state index >= 15 is 0 Å². The van der Waals surface area contributed by atoms with E-state index in [2.05, 4.69) is 68.2 Å². The van der Waals surface area contributed by atoms with Crippen molar-refractivity contribution in [1.82, 2.24) is 19.7 Å². The summed E-state index contributed by atoms with van der Waals surface area (Å²) in [7, 11) is 0. The number of carbonyl (C=O) groups is 1. The average molecular weight is 483 g/mol. The number of benzene rings is 2. The monoisotopic (exact) mass is 482 g/mol. The van der Waals surface area contributed by atoms with Crippen molar-refractivity contribution in [2.75, 3.05) is 39.3 Å². The normalized spacial score (nSPS) is 18.3. The Labute approximate surface area is 215 Å². The summed E-state index contributed by atoms with van der Waals surface area (Å²) in [6.07, 6.45) is 6.64. The van der Waals surface area contributed by atoms with E-state index in [9.17, 15) is 4.79 Å². The number of piperidine rings is 1. The molecule has 5 nitrogen and oxygen atoms in total. The van der Waals surface area contributed by atoms with Gasteiger partial charge in [0.25, 0.3) is 0 Å². The summed E-state index contributed by atoms with van der Waals surface area (Å²) in [4.78, 5) is 24.7. The maximum atomic E-state index is 12.9. The summed E-state index contributed by atoms with van der Waals surface area (Å²) in [6.45, 7) is 9.46. The van der Waals surface area contributed by atoms with Gasteiger partial charge in [-0.15, -0.1) is 0 Å². The van der Waals surface area contributed by atoms with Gasteiger partial charge in [0, 0.05) is 70.2 Å². The van der Waals surface area contributed by atoms with E-state index in [1.165, 1.54) is 16.7 Å². The minimum atomic E-state index is 0.293. The van der Waals surface area contributed by atoms with E-state index in [-0.39, 0.29) is 0 Å². The first-order valence-corrected chi connectivity index (χ1v) is 13.4. The molecule has 188 valence electrons. The van der Waals surface area contributed by atoms with Gasteiger partial charge in [0.15, 0.2) is 5.78 Å².